The van der Waals surface area contributed by atoms with Crippen LogP contribution in [0.4, 0.5) is 5.69 Å². The molecule has 0 amide bonds. The lowest BCUT2D eigenvalue weighted by Gasteiger charge is -2.34. The van der Waals surface area contributed by atoms with E-state index in [-0.39, 0.29) is 6.10 Å². The predicted molar refractivity (Wildman–Crippen MR) is 113 cm³/mol. The molecule has 0 unspecified atom stereocenters. The summed E-state index contributed by atoms with van der Waals surface area (Å²) in [6.45, 7) is 6.53. The summed E-state index contributed by atoms with van der Waals surface area (Å²) in [6, 6.07) is 11.0. The van der Waals surface area contributed by atoms with Crippen molar-refractivity contribution in [2.75, 3.05) is 31.1 Å². The second-order valence-corrected chi connectivity index (χ2v) is 8.39. The van der Waals surface area contributed by atoms with Crippen molar-refractivity contribution in [3.63, 3.8) is 0 Å². The van der Waals surface area contributed by atoms with Crippen molar-refractivity contribution < 1.29 is 5.11 Å². The number of β-amino-alcohol motifs (C(OH)–C–C–N with tert-alkyl or cyclic N) is 1. The molecular formula is C22H28N6O. The fourth-order valence-corrected chi connectivity index (χ4v) is 4.67. The van der Waals surface area contributed by atoms with Gasteiger partial charge >= 0.3 is 0 Å². The number of benzene rings is 1. The highest BCUT2D eigenvalue weighted by Crippen LogP contribution is 2.31. The lowest BCUT2D eigenvalue weighted by molar-refractivity contribution is 0.174. The van der Waals surface area contributed by atoms with Crippen molar-refractivity contribution in [2.24, 2.45) is 0 Å². The third-order valence-electron chi connectivity index (χ3n) is 6.19. The number of aryl methyl sites for hydroxylation is 1. The number of aliphatic hydroxyl groups is 1. The summed E-state index contributed by atoms with van der Waals surface area (Å²) < 4.78 is 2.05. The standard InChI is InChI=1S/C22H28N6O/c1-16-12-22(20-4-2-3-5-21(20)23-16)27-10-6-18(7-11-27)28-14-17(24-25-28)13-26-9-8-19(29)15-26/h2-5,12,14,18-19,29H,6-11,13,15H2,1H3/t19-/m0/s1. The fraction of sp³-hybridized carbons (Fsp3) is 0.500. The molecule has 3 aromatic rings. The van der Waals surface area contributed by atoms with E-state index in [1.54, 1.807) is 0 Å². The van der Waals surface area contributed by atoms with Crippen LogP contribution in [0.15, 0.2) is 36.5 Å². The first kappa shape index (κ1) is 18.5. The second-order valence-electron chi connectivity index (χ2n) is 8.39. The number of aromatic nitrogens is 4. The van der Waals surface area contributed by atoms with Crippen molar-refractivity contribution >= 4 is 16.6 Å². The number of likely N-dealkylation sites (tertiary alicyclic amines) is 1. The maximum Gasteiger partial charge on any atom is 0.0967 e. The highest BCUT2D eigenvalue weighted by Gasteiger charge is 2.25. The summed E-state index contributed by atoms with van der Waals surface area (Å²) in [5.74, 6) is 0. The lowest BCUT2D eigenvalue weighted by atomic mass is 10.0. The molecule has 2 fully saturated rings. The van der Waals surface area contributed by atoms with Crippen LogP contribution in [-0.2, 0) is 6.54 Å². The average Bonchev–Trinajstić information content (AvgIpc) is 3.36. The monoisotopic (exact) mass is 392 g/mol. The average molecular weight is 393 g/mol. The molecule has 0 bridgehead atoms. The van der Waals surface area contributed by atoms with Gasteiger partial charge in [-0.2, -0.15) is 0 Å². The van der Waals surface area contributed by atoms with E-state index in [1.807, 2.05) is 0 Å². The summed E-state index contributed by atoms with van der Waals surface area (Å²) in [5.41, 5.74) is 4.42. The van der Waals surface area contributed by atoms with Gasteiger partial charge in [0.05, 0.1) is 29.6 Å². The van der Waals surface area contributed by atoms with Gasteiger partial charge in [-0.3, -0.25) is 9.88 Å². The Morgan fingerprint density at radius 1 is 1.10 bits per heavy atom. The molecule has 0 spiro atoms. The Morgan fingerprint density at radius 2 is 1.93 bits per heavy atom. The molecule has 1 atom stereocenters. The minimum atomic E-state index is -0.192. The summed E-state index contributed by atoms with van der Waals surface area (Å²) in [6.07, 6.45) is 4.87. The molecule has 1 N–H and O–H groups in total. The first-order valence-electron chi connectivity index (χ1n) is 10.6. The molecular weight excluding hydrogens is 364 g/mol. The zero-order valence-corrected chi connectivity index (χ0v) is 16.9. The van der Waals surface area contributed by atoms with Crippen LogP contribution >= 0.6 is 0 Å². The molecule has 0 radical (unpaired) electrons. The van der Waals surface area contributed by atoms with Gasteiger partial charge in [-0.05, 0) is 38.3 Å². The van der Waals surface area contributed by atoms with Crippen LogP contribution in [0, 0.1) is 6.92 Å². The summed E-state index contributed by atoms with van der Waals surface area (Å²) in [4.78, 5) is 9.41. The van der Waals surface area contributed by atoms with Gasteiger partial charge in [0.1, 0.15) is 0 Å². The van der Waals surface area contributed by atoms with Gasteiger partial charge in [0.15, 0.2) is 0 Å². The largest absolute Gasteiger partial charge is 0.392 e. The molecule has 2 aliphatic heterocycles. The van der Waals surface area contributed by atoms with E-state index in [0.717, 1.165) is 68.9 Å². The second kappa shape index (κ2) is 7.72. The van der Waals surface area contributed by atoms with Crippen LogP contribution < -0.4 is 4.90 Å². The molecule has 7 nitrogen and oxygen atoms in total. The van der Waals surface area contributed by atoms with Crippen LogP contribution in [0.25, 0.3) is 10.9 Å². The zero-order chi connectivity index (χ0) is 19.8. The molecule has 5 rings (SSSR count). The Morgan fingerprint density at radius 3 is 2.72 bits per heavy atom. The molecule has 2 aromatic heterocycles. The van der Waals surface area contributed by atoms with E-state index in [0.29, 0.717) is 6.04 Å². The van der Waals surface area contributed by atoms with E-state index in [1.165, 1.54) is 11.1 Å². The molecule has 0 saturated carbocycles. The highest BCUT2D eigenvalue weighted by atomic mass is 16.3. The minimum Gasteiger partial charge on any atom is -0.392 e. The van der Waals surface area contributed by atoms with Crippen LogP contribution in [0.1, 0.15) is 36.7 Å². The van der Waals surface area contributed by atoms with Gasteiger partial charge < -0.3 is 10.0 Å². The smallest absolute Gasteiger partial charge is 0.0967 e. The van der Waals surface area contributed by atoms with Crippen molar-refractivity contribution in [3.05, 3.63) is 47.9 Å². The number of anilines is 1. The van der Waals surface area contributed by atoms with Crippen LogP contribution in [0.2, 0.25) is 0 Å². The molecule has 7 heteroatoms. The maximum absolute atomic E-state index is 9.70. The highest BCUT2D eigenvalue weighted by molar-refractivity contribution is 5.92. The van der Waals surface area contributed by atoms with Gasteiger partial charge in [-0.15, -0.1) is 5.10 Å². The number of pyridine rings is 1. The van der Waals surface area contributed by atoms with Gasteiger partial charge in [-0.1, -0.05) is 23.4 Å². The maximum atomic E-state index is 9.70. The van der Waals surface area contributed by atoms with Gasteiger partial charge in [-0.25, -0.2) is 4.68 Å². The number of hydrogen-bond donors (Lipinski definition) is 1. The summed E-state index contributed by atoms with van der Waals surface area (Å²) in [5, 5.41) is 19.7. The van der Waals surface area contributed by atoms with Gasteiger partial charge in [0, 0.05) is 49.5 Å². The molecule has 29 heavy (non-hydrogen) atoms. The van der Waals surface area contributed by atoms with Gasteiger partial charge in [0.2, 0.25) is 0 Å². The first-order valence-corrected chi connectivity index (χ1v) is 10.6. The van der Waals surface area contributed by atoms with Crippen LogP contribution in [0.5, 0.6) is 0 Å². The number of rotatable bonds is 4. The van der Waals surface area contributed by atoms with Crippen LogP contribution in [-0.4, -0.2) is 62.3 Å². The van der Waals surface area contributed by atoms with Crippen molar-refractivity contribution in [3.8, 4) is 0 Å². The molecule has 2 saturated heterocycles. The minimum absolute atomic E-state index is 0.192. The molecule has 4 heterocycles. The topological polar surface area (TPSA) is 70.3 Å². The quantitative estimate of drug-likeness (QED) is 0.736. The molecule has 2 aliphatic rings. The van der Waals surface area contributed by atoms with Gasteiger partial charge in [0.25, 0.3) is 0 Å². The van der Waals surface area contributed by atoms with E-state index < -0.39 is 0 Å². The van der Waals surface area contributed by atoms with Crippen molar-refractivity contribution in [2.45, 2.75) is 44.9 Å². The Bertz CT molecular complexity index is 994. The van der Waals surface area contributed by atoms with Crippen LogP contribution in [0.3, 0.4) is 0 Å². The van der Waals surface area contributed by atoms with Crippen molar-refractivity contribution in [1.82, 2.24) is 24.9 Å². The van der Waals surface area contributed by atoms with E-state index in [4.69, 9.17) is 0 Å². The number of piperidine rings is 1. The van der Waals surface area contributed by atoms with Crippen molar-refractivity contribution in [1.29, 1.82) is 0 Å². The Balaban J connectivity index is 1.26. The molecule has 1 aromatic carbocycles. The number of hydrogen-bond acceptors (Lipinski definition) is 6. The van der Waals surface area contributed by atoms with E-state index in [2.05, 4.69) is 73.2 Å². The summed E-state index contributed by atoms with van der Waals surface area (Å²) in [7, 11) is 0. The lowest BCUT2D eigenvalue weighted by Crippen LogP contribution is -2.35. The predicted octanol–water partition coefficient (Wildman–Crippen LogP) is 2.54. The third-order valence-corrected chi connectivity index (χ3v) is 6.19. The van der Waals surface area contributed by atoms with E-state index >= 15 is 0 Å². The summed E-state index contributed by atoms with van der Waals surface area (Å²) >= 11 is 0. The number of nitrogens with zero attached hydrogens (tertiary/aromatic N) is 6. The third kappa shape index (κ3) is 3.84. The molecule has 152 valence electrons. The SMILES string of the molecule is Cc1cc(N2CCC(n3cc(CN4CC[C@H](O)C4)nn3)CC2)c2ccccc2n1. The number of fused-ring (bicyclic) bond motifs is 1. The Labute approximate surface area is 171 Å². The Hall–Kier alpha value is -2.51. The number of aliphatic hydroxyl groups excluding tert-OH is 1. The Kier molecular flexibility index (Phi) is 4.93. The molecule has 0 aliphatic carbocycles. The fourth-order valence-electron chi connectivity index (χ4n) is 4.67. The van der Waals surface area contributed by atoms with E-state index in [9.17, 15) is 5.11 Å². The number of para-hydroxylation sites is 1. The zero-order valence-electron chi connectivity index (χ0n) is 16.9. The normalized spacial score (nSPS) is 21.3. The first-order chi connectivity index (χ1) is 14.2.